The Morgan fingerprint density at radius 3 is 2.89 bits per heavy atom. The lowest BCUT2D eigenvalue weighted by Crippen LogP contribution is -2.35. The highest BCUT2D eigenvalue weighted by atomic mass is 16.5. The van der Waals surface area contributed by atoms with Crippen molar-refractivity contribution in [3.05, 3.63) is 0 Å². The molecule has 54 valence electrons. The maximum absolute atomic E-state index is 5.62. The van der Waals surface area contributed by atoms with Crippen molar-refractivity contribution in [2.24, 2.45) is 5.73 Å². The van der Waals surface area contributed by atoms with Gasteiger partial charge in [0.05, 0.1) is 25.4 Å². The fraction of sp³-hybridized carbons (Fsp3) is 1.00. The summed E-state index contributed by atoms with van der Waals surface area (Å²) in [6.07, 6.45) is 0.134. The predicted molar refractivity (Wildman–Crippen MR) is 34.2 cm³/mol. The van der Waals surface area contributed by atoms with Crippen LogP contribution in [0.3, 0.4) is 0 Å². The molecular formula is C6H13NO2. The SMILES string of the molecule is CCO[C@@H]1COC[C@@H]1N. The third-order valence-corrected chi connectivity index (χ3v) is 1.45. The molecule has 1 aliphatic heterocycles. The van der Waals surface area contributed by atoms with Gasteiger partial charge in [-0.25, -0.2) is 0 Å². The zero-order chi connectivity index (χ0) is 6.69. The van der Waals surface area contributed by atoms with E-state index in [9.17, 15) is 0 Å². The Labute approximate surface area is 55.1 Å². The van der Waals surface area contributed by atoms with Crippen molar-refractivity contribution in [3.8, 4) is 0 Å². The molecular weight excluding hydrogens is 118 g/mol. The van der Waals surface area contributed by atoms with Gasteiger partial charge in [-0.15, -0.1) is 0 Å². The van der Waals surface area contributed by atoms with Crippen LogP contribution in [0.25, 0.3) is 0 Å². The van der Waals surface area contributed by atoms with Crippen molar-refractivity contribution in [1.29, 1.82) is 0 Å². The van der Waals surface area contributed by atoms with E-state index < -0.39 is 0 Å². The van der Waals surface area contributed by atoms with Gasteiger partial charge in [-0.05, 0) is 6.92 Å². The molecule has 0 aromatic carbocycles. The van der Waals surface area contributed by atoms with Crippen LogP contribution in [0.1, 0.15) is 6.92 Å². The quantitative estimate of drug-likeness (QED) is 0.562. The van der Waals surface area contributed by atoms with Gasteiger partial charge in [0.2, 0.25) is 0 Å². The zero-order valence-corrected chi connectivity index (χ0v) is 5.67. The summed E-state index contributed by atoms with van der Waals surface area (Å²) in [5, 5.41) is 0. The van der Waals surface area contributed by atoms with Gasteiger partial charge >= 0.3 is 0 Å². The molecule has 0 aromatic rings. The Balaban J connectivity index is 2.22. The molecule has 0 spiro atoms. The summed E-state index contributed by atoms with van der Waals surface area (Å²) in [5.41, 5.74) is 5.62. The first-order valence-corrected chi connectivity index (χ1v) is 3.29. The van der Waals surface area contributed by atoms with Crippen molar-refractivity contribution in [3.63, 3.8) is 0 Å². The number of hydrogen-bond donors (Lipinski definition) is 1. The second-order valence-electron chi connectivity index (χ2n) is 2.20. The van der Waals surface area contributed by atoms with Gasteiger partial charge in [0.1, 0.15) is 0 Å². The van der Waals surface area contributed by atoms with Gasteiger partial charge < -0.3 is 15.2 Å². The fourth-order valence-electron chi connectivity index (χ4n) is 0.937. The highest BCUT2D eigenvalue weighted by Gasteiger charge is 2.24. The predicted octanol–water partition coefficient (Wildman–Crippen LogP) is -0.251. The average molecular weight is 131 g/mol. The van der Waals surface area contributed by atoms with Crippen LogP contribution < -0.4 is 5.73 Å². The van der Waals surface area contributed by atoms with Gasteiger partial charge in [0.25, 0.3) is 0 Å². The minimum absolute atomic E-state index is 0.0879. The summed E-state index contributed by atoms with van der Waals surface area (Å²) < 4.78 is 10.3. The molecule has 1 heterocycles. The number of ether oxygens (including phenoxy) is 2. The van der Waals surface area contributed by atoms with Gasteiger partial charge in [-0.1, -0.05) is 0 Å². The minimum atomic E-state index is 0.0879. The van der Waals surface area contributed by atoms with Crippen LogP contribution in [0.4, 0.5) is 0 Å². The van der Waals surface area contributed by atoms with Gasteiger partial charge in [0, 0.05) is 6.61 Å². The molecule has 0 radical (unpaired) electrons. The van der Waals surface area contributed by atoms with E-state index in [0.29, 0.717) is 13.2 Å². The Morgan fingerprint density at radius 1 is 1.67 bits per heavy atom. The Kier molecular flexibility index (Phi) is 2.45. The molecule has 1 saturated heterocycles. The molecule has 0 bridgehead atoms. The first kappa shape index (κ1) is 6.99. The smallest absolute Gasteiger partial charge is 0.0981 e. The highest BCUT2D eigenvalue weighted by molar-refractivity contribution is 4.78. The second-order valence-corrected chi connectivity index (χ2v) is 2.20. The highest BCUT2D eigenvalue weighted by Crippen LogP contribution is 2.06. The van der Waals surface area contributed by atoms with Crippen LogP contribution >= 0.6 is 0 Å². The summed E-state index contributed by atoms with van der Waals surface area (Å²) in [5.74, 6) is 0. The first-order chi connectivity index (χ1) is 4.34. The average Bonchev–Trinajstić information content (AvgIpc) is 2.18. The lowest BCUT2D eigenvalue weighted by atomic mass is 10.2. The van der Waals surface area contributed by atoms with Crippen LogP contribution in [0, 0.1) is 0 Å². The van der Waals surface area contributed by atoms with E-state index >= 15 is 0 Å². The van der Waals surface area contributed by atoms with E-state index in [0.717, 1.165) is 6.61 Å². The van der Waals surface area contributed by atoms with Crippen LogP contribution in [0.5, 0.6) is 0 Å². The van der Waals surface area contributed by atoms with Gasteiger partial charge in [-0.3, -0.25) is 0 Å². The zero-order valence-electron chi connectivity index (χ0n) is 5.67. The Morgan fingerprint density at radius 2 is 2.44 bits per heavy atom. The van der Waals surface area contributed by atoms with Crippen LogP contribution in [0.2, 0.25) is 0 Å². The number of hydrogen-bond acceptors (Lipinski definition) is 3. The second kappa shape index (κ2) is 3.15. The standard InChI is InChI=1S/C6H13NO2/c1-2-9-6-4-8-3-5(6)7/h5-6H,2-4,7H2,1H3/t5-,6+/m0/s1. The molecule has 0 amide bonds. The van der Waals surface area contributed by atoms with E-state index in [1.54, 1.807) is 0 Å². The van der Waals surface area contributed by atoms with E-state index in [1.165, 1.54) is 0 Å². The largest absolute Gasteiger partial charge is 0.377 e. The molecule has 0 saturated carbocycles. The van der Waals surface area contributed by atoms with Crippen molar-refractivity contribution in [1.82, 2.24) is 0 Å². The maximum Gasteiger partial charge on any atom is 0.0981 e. The maximum atomic E-state index is 5.62. The van der Waals surface area contributed by atoms with Crippen LogP contribution in [-0.2, 0) is 9.47 Å². The molecule has 3 nitrogen and oxygen atoms in total. The number of rotatable bonds is 2. The molecule has 2 atom stereocenters. The summed E-state index contributed by atoms with van der Waals surface area (Å²) in [4.78, 5) is 0. The first-order valence-electron chi connectivity index (χ1n) is 3.29. The van der Waals surface area contributed by atoms with Crippen LogP contribution in [0.15, 0.2) is 0 Å². The molecule has 0 unspecified atom stereocenters. The fourth-order valence-corrected chi connectivity index (χ4v) is 0.937. The lowest BCUT2D eigenvalue weighted by molar-refractivity contribution is 0.0458. The normalized spacial score (nSPS) is 35.3. The van der Waals surface area contributed by atoms with Crippen molar-refractivity contribution >= 4 is 0 Å². The van der Waals surface area contributed by atoms with Gasteiger partial charge in [0.15, 0.2) is 0 Å². The van der Waals surface area contributed by atoms with E-state index in [-0.39, 0.29) is 12.1 Å². The summed E-state index contributed by atoms with van der Waals surface area (Å²) >= 11 is 0. The molecule has 1 aliphatic rings. The molecule has 0 aliphatic carbocycles. The van der Waals surface area contributed by atoms with Crippen molar-refractivity contribution in [2.75, 3.05) is 19.8 Å². The van der Waals surface area contributed by atoms with E-state index in [1.807, 2.05) is 6.92 Å². The molecule has 3 heteroatoms. The topological polar surface area (TPSA) is 44.5 Å². The molecule has 9 heavy (non-hydrogen) atoms. The minimum Gasteiger partial charge on any atom is -0.377 e. The molecule has 0 aromatic heterocycles. The third-order valence-electron chi connectivity index (χ3n) is 1.45. The van der Waals surface area contributed by atoms with E-state index in [4.69, 9.17) is 15.2 Å². The number of nitrogens with two attached hydrogens (primary N) is 1. The summed E-state index contributed by atoms with van der Waals surface area (Å²) in [6.45, 7) is 3.99. The summed E-state index contributed by atoms with van der Waals surface area (Å²) in [7, 11) is 0. The third kappa shape index (κ3) is 1.64. The molecule has 1 fully saturated rings. The lowest BCUT2D eigenvalue weighted by Gasteiger charge is -2.11. The molecule has 2 N–H and O–H groups in total. The molecule has 1 rings (SSSR count). The monoisotopic (exact) mass is 131 g/mol. The van der Waals surface area contributed by atoms with Gasteiger partial charge in [-0.2, -0.15) is 0 Å². The summed E-state index contributed by atoms with van der Waals surface area (Å²) in [6, 6.07) is 0.0879. The van der Waals surface area contributed by atoms with Crippen LogP contribution in [-0.4, -0.2) is 32.0 Å². The van der Waals surface area contributed by atoms with Crippen molar-refractivity contribution < 1.29 is 9.47 Å². The van der Waals surface area contributed by atoms with E-state index in [2.05, 4.69) is 0 Å². The Bertz CT molecular complexity index is 87.1. The Hall–Kier alpha value is -0.120. The van der Waals surface area contributed by atoms with Crippen molar-refractivity contribution in [2.45, 2.75) is 19.1 Å².